The molecular weight excluding hydrogens is 466 g/mol. The standard InChI is InChI=1S/C24H24ClNO6S/c1-5-31-23(28)15(3)26-22(27)20(33-24(26)29)12-17-10-18(25)21(19(11-17)30-4)32-13-16-8-6-7-14(2)9-16/h6-12,15H,5,13H2,1-4H3/b20-12+/t15-/m1/s1. The Labute approximate surface area is 201 Å². The fourth-order valence-corrected chi connectivity index (χ4v) is 4.44. The molecule has 0 aromatic heterocycles. The number of nitrogens with zero attached hydrogens (tertiary/aromatic N) is 1. The molecule has 1 saturated heterocycles. The van der Waals surface area contributed by atoms with Crippen LogP contribution >= 0.6 is 23.4 Å². The molecule has 0 spiro atoms. The van der Waals surface area contributed by atoms with Gasteiger partial charge in [0.1, 0.15) is 12.6 Å². The summed E-state index contributed by atoms with van der Waals surface area (Å²) in [4.78, 5) is 38.2. The quantitative estimate of drug-likeness (QED) is 0.371. The Balaban J connectivity index is 1.82. The van der Waals surface area contributed by atoms with Crippen molar-refractivity contribution in [2.75, 3.05) is 13.7 Å². The Morgan fingerprint density at radius 1 is 1.24 bits per heavy atom. The molecule has 2 aromatic carbocycles. The first-order chi connectivity index (χ1) is 15.7. The molecule has 1 atom stereocenters. The van der Waals surface area contributed by atoms with Crippen molar-refractivity contribution in [1.82, 2.24) is 4.90 Å². The van der Waals surface area contributed by atoms with Gasteiger partial charge in [0.25, 0.3) is 11.1 Å². The largest absolute Gasteiger partial charge is 0.493 e. The van der Waals surface area contributed by atoms with Gasteiger partial charge in [-0.15, -0.1) is 0 Å². The lowest BCUT2D eigenvalue weighted by Gasteiger charge is -2.19. The van der Waals surface area contributed by atoms with Crippen LogP contribution in [0, 0.1) is 6.92 Å². The topological polar surface area (TPSA) is 82.1 Å². The summed E-state index contributed by atoms with van der Waals surface area (Å²) in [7, 11) is 1.49. The third-order valence-electron chi connectivity index (χ3n) is 4.85. The monoisotopic (exact) mass is 489 g/mol. The summed E-state index contributed by atoms with van der Waals surface area (Å²) in [6, 6.07) is 10.2. The number of imide groups is 1. The summed E-state index contributed by atoms with van der Waals surface area (Å²) >= 11 is 7.20. The highest BCUT2D eigenvalue weighted by Crippen LogP contribution is 2.39. The number of methoxy groups -OCH3 is 1. The number of halogens is 1. The van der Waals surface area contributed by atoms with E-state index in [0.717, 1.165) is 27.8 Å². The molecule has 0 saturated carbocycles. The van der Waals surface area contributed by atoms with E-state index in [1.807, 2.05) is 31.2 Å². The fraction of sp³-hybridized carbons (Fsp3) is 0.292. The number of thioether (sulfide) groups is 1. The van der Waals surface area contributed by atoms with Crippen LogP contribution < -0.4 is 9.47 Å². The zero-order chi connectivity index (χ0) is 24.1. The second kappa shape index (κ2) is 10.8. The SMILES string of the molecule is CCOC(=O)[C@@H](C)N1C(=O)S/C(=C/c2cc(Cl)c(OCc3cccc(C)c3)c(OC)c2)C1=O. The average molecular weight is 490 g/mol. The minimum Gasteiger partial charge on any atom is -0.493 e. The predicted octanol–water partition coefficient (Wildman–Crippen LogP) is 5.22. The van der Waals surface area contributed by atoms with Gasteiger partial charge in [-0.05, 0) is 61.9 Å². The molecule has 33 heavy (non-hydrogen) atoms. The number of amides is 2. The highest BCUT2D eigenvalue weighted by Gasteiger charge is 2.41. The number of ether oxygens (including phenoxy) is 3. The zero-order valence-electron chi connectivity index (χ0n) is 18.7. The third-order valence-corrected chi connectivity index (χ3v) is 6.02. The molecule has 3 rings (SSSR count). The lowest BCUT2D eigenvalue weighted by Crippen LogP contribution is -2.42. The zero-order valence-corrected chi connectivity index (χ0v) is 20.3. The van der Waals surface area contributed by atoms with E-state index in [-0.39, 0.29) is 11.5 Å². The van der Waals surface area contributed by atoms with Gasteiger partial charge in [0.05, 0.1) is 23.6 Å². The minimum atomic E-state index is -1.01. The minimum absolute atomic E-state index is 0.159. The van der Waals surface area contributed by atoms with Gasteiger partial charge in [0, 0.05) is 0 Å². The molecule has 0 aliphatic carbocycles. The second-order valence-corrected chi connectivity index (χ2v) is 8.69. The molecule has 1 aliphatic rings. The Morgan fingerprint density at radius 2 is 2.00 bits per heavy atom. The van der Waals surface area contributed by atoms with Crippen molar-refractivity contribution in [3.63, 3.8) is 0 Å². The number of rotatable bonds is 8. The number of esters is 1. The number of carbonyl (C=O) groups is 3. The number of benzene rings is 2. The van der Waals surface area contributed by atoms with E-state index in [1.54, 1.807) is 19.1 Å². The lowest BCUT2D eigenvalue weighted by atomic mass is 10.1. The molecule has 9 heteroatoms. The fourth-order valence-electron chi connectivity index (χ4n) is 3.25. The number of aryl methyl sites for hydroxylation is 1. The van der Waals surface area contributed by atoms with Crippen LogP contribution in [0.5, 0.6) is 11.5 Å². The molecule has 7 nitrogen and oxygen atoms in total. The molecule has 1 aliphatic heterocycles. The molecule has 0 N–H and O–H groups in total. The van der Waals surface area contributed by atoms with Crippen molar-refractivity contribution >= 4 is 46.6 Å². The van der Waals surface area contributed by atoms with Gasteiger partial charge in [0.15, 0.2) is 11.5 Å². The Bertz CT molecular complexity index is 1120. The molecule has 2 amide bonds. The van der Waals surface area contributed by atoms with E-state index in [1.165, 1.54) is 20.1 Å². The summed E-state index contributed by atoms with van der Waals surface area (Å²) in [5.41, 5.74) is 2.66. The summed E-state index contributed by atoms with van der Waals surface area (Å²) in [6.45, 7) is 5.58. The lowest BCUT2D eigenvalue weighted by molar-refractivity contribution is -0.150. The predicted molar refractivity (Wildman–Crippen MR) is 127 cm³/mol. The van der Waals surface area contributed by atoms with Gasteiger partial charge in [0.2, 0.25) is 0 Å². The summed E-state index contributed by atoms with van der Waals surface area (Å²) in [5, 5.41) is -0.240. The maximum atomic E-state index is 12.8. The normalized spacial score (nSPS) is 15.7. The van der Waals surface area contributed by atoms with E-state index in [0.29, 0.717) is 28.7 Å². The first-order valence-electron chi connectivity index (χ1n) is 10.2. The molecule has 0 radical (unpaired) electrons. The third kappa shape index (κ3) is 5.69. The Kier molecular flexibility index (Phi) is 8.05. The van der Waals surface area contributed by atoms with E-state index < -0.39 is 23.2 Å². The first kappa shape index (κ1) is 24.7. The molecule has 2 aromatic rings. The van der Waals surface area contributed by atoms with E-state index in [9.17, 15) is 14.4 Å². The van der Waals surface area contributed by atoms with Gasteiger partial charge in [-0.25, -0.2) is 4.79 Å². The molecule has 0 bridgehead atoms. The molecular formula is C24H24ClNO6S. The van der Waals surface area contributed by atoms with Crippen molar-refractivity contribution in [2.24, 2.45) is 0 Å². The Morgan fingerprint density at radius 3 is 2.67 bits per heavy atom. The van der Waals surface area contributed by atoms with E-state index in [4.69, 9.17) is 25.8 Å². The molecule has 174 valence electrons. The average Bonchev–Trinajstić information content (AvgIpc) is 3.05. The van der Waals surface area contributed by atoms with Crippen molar-refractivity contribution in [3.8, 4) is 11.5 Å². The molecule has 1 heterocycles. The summed E-state index contributed by atoms with van der Waals surface area (Å²) in [5.74, 6) is -0.441. The number of hydrogen-bond acceptors (Lipinski definition) is 7. The van der Waals surface area contributed by atoms with E-state index in [2.05, 4.69) is 0 Å². The summed E-state index contributed by atoms with van der Waals surface area (Å²) in [6.07, 6.45) is 1.53. The summed E-state index contributed by atoms with van der Waals surface area (Å²) < 4.78 is 16.3. The van der Waals surface area contributed by atoms with Crippen LogP contribution in [-0.2, 0) is 20.9 Å². The van der Waals surface area contributed by atoms with Crippen molar-refractivity contribution in [3.05, 3.63) is 63.0 Å². The maximum Gasteiger partial charge on any atom is 0.329 e. The molecule has 0 unspecified atom stereocenters. The first-order valence-corrected chi connectivity index (χ1v) is 11.4. The van der Waals surface area contributed by atoms with Crippen LogP contribution in [0.25, 0.3) is 6.08 Å². The highest BCUT2D eigenvalue weighted by atomic mass is 35.5. The second-order valence-electron chi connectivity index (χ2n) is 7.29. The van der Waals surface area contributed by atoms with Crippen LogP contribution in [-0.4, -0.2) is 41.8 Å². The van der Waals surface area contributed by atoms with Gasteiger partial charge in [-0.3, -0.25) is 14.5 Å². The van der Waals surface area contributed by atoms with Gasteiger partial charge in [-0.2, -0.15) is 0 Å². The Hall–Kier alpha value is -2.97. The van der Waals surface area contributed by atoms with E-state index >= 15 is 0 Å². The molecule has 1 fully saturated rings. The van der Waals surface area contributed by atoms with Gasteiger partial charge in [-0.1, -0.05) is 41.4 Å². The van der Waals surface area contributed by atoms with Crippen LogP contribution in [0.4, 0.5) is 4.79 Å². The number of hydrogen-bond donors (Lipinski definition) is 0. The highest BCUT2D eigenvalue weighted by molar-refractivity contribution is 8.18. The smallest absolute Gasteiger partial charge is 0.329 e. The van der Waals surface area contributed by atoms with Crippen LogP contribution in [0.1, 0.15) is 30.5 Å². The number of carbonyl (C=O) groups excluding carboxylic acids is 3. The van der Waals surface area contributed by atoms with Crippen molar-refractivity contribution in [1.29, 1.82) is 0 Å². The van der Waals surface area contributed by atoms with Crippen LogP contribution in [0.3, 0.4) is 0 Å². The van der Waals surface area contributed by atoms with Gasteiger partial charge < -0.3 is 14.2 Å². The maximum absolute atomic E-state index is 12.8. The van der Waals surface area contributed by atoms with Crippen LogP contribution in [0.2, 0.25) is 5.02 Å². The van der Waals surface area contributed by atoms with Crippen LogP contribution in [0.15, 0.2) is 41.3 Å². The van der Waals surface area contributed by atoms with Crippen molar-refractivity contribution < 1.29 is 28.6 Å². The van der Waals surface area contributed by atoms with Gasteiger partial charge >= 0.3 is 5.97 Å². The van der Waals surface area contributed by atoms with Crippen molar-refractivity contribution in [2.45, 2.75) is 33.4 Å².